The Labute approximate surface area is 61.9 Å². The van der Waals surface area contributed by atoms with Crippen molar-refractivity contribution in [2.75, 3.05) is 6.61 Å². The van der Waals surface area contributed by atoms with Gasteiger partial charge in [0.05, 0.1) is 13.0 Å². The van der Waals surface area contributed by atoms with Gasteiger partial charge in [-0.2, -0.15) is 0 Å². The molecule has 0 bridgehead atoms. The molecule has 0 unspecified atom stereocenters. The summed E-state index contributed by atoms with van der Waals surface area (Å²) in [5.74, 6) is -0.179. The molecule has 2 heteroatoms. The zero-order valence-electron chi connectivity index (χ0n) is 6.30. The summed E-state index contributed by atoms with van der Waals surface area (Å²) < 4.78 is 4.78. The predicted molar refractivity (Wildman–Crippen MR) is 40.4 cm³/mol. The fraction of sp³-hybridized carbons (Fsp3) is 0.500. The van der Waals surface area contributed by atoms with Gasteiger partial charge in [-0.3, -0.25) is 4.79 Å². The quantitative estimate of drug-likeness (QED) is 0.557. The number of hydrogen-bond donors (Lipinski definition) is 0. The van der Waals surface area contributed by atoms with Crippen LogP contribution < -0.4 is 0 Å². The summed E-state index contributed by atoms with van der Waals surface area (Å²) in [6, 6.07) is 0. The lowest BCUT2D eigenvalue weighted by Crippen LogP contribution is -2.02. The zero-order valence-corrected chi connectivity index (χ0v) is 6.30. The van der Waals surface area contributed by atoms with Crippen LogP contribution in [0.15, 0.2) is 12.2 Å². The molecule has 0 fully saturated rings. The Morgan fingerprint density at radius 1 is 1.70 bits per heavy atom. The van der Waals surface area contributed by atoms with E-state index in [1.165, 1.54) is 0 Å². The largest absolute Gasteiger partial charge is 0.465 e. The summed E-state index contributed by atoms with van der Waals surface area (Å²) in [6.45, 7) is 5.93. The average molecular weight is 141 g/mol. The Hall–Kier alpha value is -0.790. The third-order valence-electron chi connectivity index (χ3n) is 0.918. The molecule has 0 aliphatic heterocycles. The molecule has 0 rings (SSSR count). The van der Waals surface area contributed by atoms with Crippen LogP contribution >= 0.6 is 0 Å². The topological polar surface area (TPSA) is 26.3 Å². The van der Waals surface area contributed by atoms with Crippen molar-refractivity contribution in [3.8, 4) is 0 Å². The highest BCUT2D eigenvalue weighted by Gasteiger charge is 1.95. The van der Waals surface area contributed by atoms with E-state index >= 15 is 0 Å². The zero-order chi connectivity index (χ0) is 7.82. The summed E-state index contributed by atoms with van der Waals surface area (Å²) in [4.78, 5) is 10.7. The standard InChI is InChI=1S/C8H13O2/c1-3-5-6-8(9)10-7-4-2/h3,5H,1,4,6-7H2,2H3. The van der Waals surface area contributed by atoms with E-state index in [2.05, 4.69) is 6.92 Å². The Morgan fingerprint density at radius 2 is 2.40 bits per heavy atom. The summed E-state index contributed by atoms with van der Waals surface area (Å²) in [5.41, 5.74) is 0. The van der Waals surface area contributed by atoms with Crippen molar-refractivity contribution >= 4 is 5.97 Å². The number of ether oxygens (including phenoxy) is 1. The molecular weight excluding hydrogens is 128 g/mol. The maximum Gasteiger partial charge on any atom is 0.309 e. The summed E-state index contributed by atoms with van der Waals surface area (Å²) in [6.07, 6.45) is 4.48. The number of allylic oxidation sites excluding steroid dienone is 1. The van der Waals surface area contributed by atoms with Crippen molar-refractivity contribution in [3.05, 3.63) is 19.1 Å². The Kier molecular flexibility index (Phi) is 5.83. The van der Waals surface area contributed by atoms with Crippen LogP contribution in [0.1, 0.15) is 19.8 Å². The van der Waals surface area contributed by atoms with Gasteiger partial charge in [0.1, 0.15) is 0 Å². The fourth-order valence-corrected chi connectivity index (χ4v) is 0.454. The molecule has 0 aromatic rings. The van der Waals surface area contributed by atoms with Gasteiger partial charge in [0.15, 0.2) is 0 Å². The highest BCUT2D eigenvalue weighted by molar-refractivity contribution is 5.71. The van der Waals surface area contributed by atoms with E-state index < -0.39 is 0 Å². The van der Waals surface area contributed by atoms with Crippen molar-refractivity contribution in [1.29, 1.82) is 0 Å². The maximum absolute atomic E-state index is 10.7. The van der Waals surface area contributed by atoms with E-state index in [1.807, 2.05) is 6.92 Å². The van der Waals surface area contributed by atoms with E-state index in [0.717, 1.165) is 6.42 Å². The third-order valence-corrected chi connectivity index (χ3v) is 0.918. The highest BCUT2D eigenvalue weighted by Crippen LogP contribution is 1.89. The average Bonchev–Trinajstić information content (AvgIpc) is 1.97. The first-order valence-electron chi connectivity index (χ1n) is 3.41. The minimum absolute atomic E-state index is 0.179. The first-order valence-corrected chi connectivity index (χ1v) is 3.41. The van der Waals surface area contributed by atoms with Crippen molar-refractivity contribution < 1.29 is 9.53 Å². The van der Waals surface area contributed by atoms with Gasteiger partial charge in [-0.05, 0) is 13.3 Å². The molecule has 0 atom stereocenters. The molecule has 0 heterocycles. The first-order chi connectivity index (χ1) is 4.81. The molecule has 0 amide bonds. The molecule has 2 nitrogen and oxygen atoms in total. The van der Waals surface area contributed by atoms with E-state index in [0.29, 0.717) is 13.0 Å². The number of rotatable bonds is 4. The minimum Gasteiger partial charge on any atom is -0.465 e. The van der Waals surface area contributed by atoms with Gasteiger partial charge in [-0.1, -0.05) is 19.1 Å². The Bertz CT molecular complexity index is 116. The molecule has 10 heavy (non-hydrogen) atoms. The van der Waals surface area contributed by atoms with Crippen molar-refractivity contribution in [2.45, 2.75) is 19.8 Å². The number of carbonyl (C=O) groups excluding carboxylic acids is 1. The van der Waals surface area contributed by atoms with Crippen molar-refractivity contribution in [3.63, 3.8) is 0 Å². The maximum atomic E-state index is 10.7. The van der Waals surface area contributed by atoms with Gasteiger partial charge in [0.2, 0.25) is 0 Å². The van der Waals surface area contributed by atoms with Crippen molar-refractivity contribution in [2.24, 2.45) is 0 Å². The van der Waals surface area contributed by atoms with Crippen LogP contribution in [0.3, 0.4) is 0 Å². The second-order valence-corrected chi connectivity index (χ2v) is 1.90. The molecule has 0 aliphatic carbocycles. The van der Waals surface area contributed by atoms with Crippen LogP contribution in [-0.4, -0.2) is 12.6 Å². The number of hydrogen-bond acceptors (Lipinski definition) is 2. The Morgan fingerprint density at radius 3 is 2.90 bits per heavy atom. The second-order valence-electron chi connectivity index (χ2n) is 1.90. The third kappa shape index (κ3) is 5.35. The van der Waals surface area contributed by atoms with Crippen LogP contribution in [0.2, 0.25) is 0 Å². The van der Waals surface area contributed by atoms with E-state index in [1.54, 1.807) is 12.2 Å². The van der Waals surface area contributed by atoms with Crippen LogP contribution in [-0.2, 0) is 9.53 Å². The molecule has 0 saturated heterocycles. The van der Waals surface area contributed by atoms with E-state index in [4.69, 9.17) is 4.74 Å². The van der Waals surface area contributed by atoms with E-state index in [9.17, 15) is 4.79 Å². The normalized spacial score (nSPS) is 10.2. The highest BCUT2D eigenvalue weighted by atomic mass is 16.5. The molecule has 1 radical (unpaired) electrons. The molecule has 0 aliphatic rings. The van der Waals surface area contributed by atoms with Crippen molar-refractivity contribution in [1.82, 2.24) is 0 Å². The van der Waals surface area contributed by atoms with E-state index in [-0.39, 0.29) is 5.97 Å². The van der Waals surface area contributed by atoms with Gasteiger partial charge in [0.25, 0.3) is 0 Å². The molecule has 0 spiro atoms. The molecule has 57 valence electrons. The molecular formula is C8H13O2. The van der Waals surface area contributed by atoms with Gasteiger partial charge >= 0.3 is 5.97 Å². The first kappa shape index (κ1) is 9.21. The summed E-state index contributed by atoms with van der Waals surface area (Å²) in [5, 5.41) is 0. The summed E-state index contributed by atoms with van der Waals surface area (Å²) in [7, 11) is 0. The lowest BCUT2D eigenvalue weighted by Gasteiger charge is -1.98. The number of carbonyl (C=O) groups is 1. The molecule has 0 saturated carbocycles. The lowest BCUT2D eigenvalue weighted by atomic mass is 10.4. The van der Waals surface area contributed by atoms with Gasteiger partial charge in [0, 0.05) is 0 Å². The van der Waals surface area contributed by atoms with Crippen LogP contribution in [0.4, 0.5) is 0 Å². The molecule has 0 aromatic carbocycles. The van der Waals surface area contributed by atoms with Crippen LogP contribution in [0, 0.1) is 6.92 Å². The van der Waals surface area contributed by atoms with Gasteiger partial charge in [-0.25, -0.2) is 0 Å². The lowest BCUT2D eigenvalue weighted by molar-refractivity contribution is -0.142. The molecule has 0 N–H and O–H groups in total. The summed E-state index contributed by atoms with van der Waals surface area (Å²) >= 11 is 0. The smallest absolute Gasteiger partial charge is 0.309 e. The second kappa shape index (κ2) is 6.33. The van der Waals surface area contributed by atoms with Crippen LogP contribution in [0.25, 0.3) is 0 Å². The SMILES string of the molecule is [CH2]C=CCC(=O)OCCC. The van der Waals surface area contributed by atoms with Gasteiger partial charge in [-0.15, -0.1) is 0 Å². The van der Waals surface area contributed by atoms with Gasteiger partial charge < -0.3 is 4.74 Å². The molecule has 0 aromatic heterocycles. The monoisotopic (exact) mass is 141 g/mol. The number of esters is 1. The fourth-order valence-electron chi connectivity index (χ4n) is 0.454. The Balaban J connectivity index is 3.25. The minimum atomic E-state index is -0.179. The predicted octanol–water partition coefficient (Wildman–Crippen LogP) is 1.72. The van der Waals surface area contributed by atoms with Crippen LogP contribution in [0.5, 0.6) is 0 Å².